The number of urea groups is 1. The van der Waals surface area contributed by atoms with Gasteiger partial charge in [-0.15, -0.1) is 5.10 Å². The van der Waals surface area contributed by atoms with Gasteiger partial charge in [0.25, 0.3) is 0 Å². The van der Waals surface area contributed by atoms with Crippen LogP contribution in [0.15, 0.2) is 44.7 Å². The summed E-state index contributed by atoms with van der Waals surface area (Å²) in [4.78, 5) is 36.1. The largest absolute Gasteiger partial charge is 0.463 e. The van der Waals surface area contributed by atoms with Gasteiger partial charge in [-0.3, -0.25) is 0 Å². The molecular formula is C17H17FN4O5. The summed E-state index contributed by atoms with van der Waals surface area (Å²) in [7, 11) is 0. The normalized spacial score (nSPS) is 16.7. The van der Waals surface area contributed by atoms with Gasteiger partial charge in [0, 0.05) is 5.56 Å². The van der Waals surface area contributed by atoms with Crippen molar-refractivity contribution >= 4 is 12.0 Å². The first kappa shape index (κ1) is 18.4. The average Bonchev–Trinajstić information content (AvgIpc) is 2.96. The predicted molar refractivity (Wildman–Crippen MR) is 90.9 cm³/mol. The Morgan fingerprint density at radius 1 is 1.33 bits per heavy atom. The summed E-state index contributed by atoms with van der Waals surface area (Å²) in [6.07, 6.45) is 0. The quantitative estimate of drug-likeness (QED) is 0.757. The topological polar surface area (TPSA) is 115 Å². The van der Waals surface area contributed by atoms with Crippen molar-refractivity contribution in [3.8, 4) is 11.5 Å². The third-order valence-corrected chi connectivity index (χ3v) is 3.87. The maximum Gasteiger partial charge on any atom is 0.437 e. The van der Waals surface area contributed by atoms with Crippen LogP contribution in [-0.4, -0.2) is 34.4 Å². The smallest absolute Gasteiger partial charge is 0.437 e. The number of ether oxygens (including phenoxy) is 1. The Kier molecular flexibility index (Phi) is 5.06. The van der Waals surface area contributed by atoms with Gasteiger partial charge < -0.3 is 19.8 Å². The second kappa shape index (κ2) is 7.44. The van der Waals surface area contributed by atoms with Crippen LogP contribution in [0, 0.1) is 5.82 Å². The Morgan fingerprint density at radius 2 is 2.04 bits per heavy atom. The van der Waals surface area contributed by atoms with Gasteiger partial charge in [0.15, 0.2) is 0 Å². The molecule has 1 atom stereocenters. The molecule has 2 aromatic rings. The van der Waals surface area contributed by atoms with Crippen molar-refractivity contribution in [1.29, 1.82) is 0 Å². The highest BCUT2D eigenvalue weighted by Crippen LogP contribution is 2.18. The zero-order valence-electron chi connectivity index (χ0n) is 14.6. The molecule has 0 aliphatic carbocycles. The highest BCUT2D eigenvalue weighted by atomic mass is 19.1. The molecule has 0 saturated heterocycles. The lowest BCUT2D eigenvalue weighted by Crippen LogP contribution is -2.50. The third kappa shape index (κ3) is 3.89. The van der Waals surface area contributed by atoms with E-state index in [0.717, 1.165) is 4.68 Å². The Balaban J connectivity index is 1.95. The number of nitrogens with zero attached hydrogens (tertiary/aromatic N) is 2. The van der Waals surface area contributed by atoms with Crippen LogP contribution >= 0.6 is 0 Å². The van der Waals surface area contributed by atoms with Crippen LogP contribution in [-0.2, 0) is 16.1 Å². The van der Waals surface area contributed by atoms with E-state index in [4.69, 9.17) is 9.15 Å². The van der Waals surface area contributed by atoms with Crippen LogP contribution in [0.4, 0.5) is 9.18 Å². The second-order valence-electron chi connectivity index (χ2n) is 5.77. The Bertz CT molecular complexity index is 960. The third-order valence-electron chi connectivity index (χ3n) is 3.87. The standard InChI is InChI=1S/C17H17FN4O5/c1-3-26-15(23)13-9(2)19-16(24)20-12(13)8-22-17(25)27-14(21-22)10-4-6-11(18)7-5-10/h4-7,9H,3,8H2,1-2H3,(H2,19,20,24). The van der Waals surface area contributed by atoms with E-state index >= 15 is 0 Å². The van der Waals surface area contributed by atoms with E-state index in [0.29, 0.717) is 5.56 Å². The molecule has 9 nitrogen and oxygen atoms in total. The Morgan fingerprint density at radius 3 is 2.70 bits per heavy atom. The van der Waals surface area contributed by atoms with Crippen molar-refractivity contribution in [3.63, 3.8) is 0 Å². The molecule has 1 unspecified atom stereocenters. The minimum Gasteiger partial charge on any atom is -0.463 e. The van der Waals surface area contributed by atoms with E-state index in [9.17, 15) is 18.8 Å². The van der Waals surface area contributed by atoms with E-state index in [1.165, 1.54) is 24.3 Å². The molecule has 2 amide bonds. The summed E-state index contributed by atoms with van der Waals surface area (Å²) in [6, 6.07) is 4.15. The lowest BCUT2D eigenvalue weighted by molar-refractivity contribution is -0.139. The number of aromatic nitrogens is 2. The van der Waals surface area contributed by atoms with E-state index < -0.39 is 29.6 Å². The van der Waals surface area contributed by atoms with Crippen LogP contribution in [0.2, 0.25) is 0 Å². The molecule has 0 saturated carbocycles. The number of carbonyl (C=O) groups excluding carboxylic acids is 2. The molecule has 0 radical (unpaired) electrons. The number of hydrogen-bond donors (Lipinski definition) is 2. The van der Waals surface area contributed by atoms with Crippen LogP contribution < -0.4 is 16.4 Å². The number of allylic oxidation sites excluding steroid dienone is 1. The average molecular weight is 376 g/mol. The van der Waals surface area contributed by atoms with E-state index in [-0.39, 0.29) is 30.3 Å². The molecule has 0 bridgehead atoms. The maximum absolute atomic E-state index is 13.0. The van der Waals surface area contributed by atoms with Gasteiger partial charge in [0.05, 0.1) is 30.5 Å². The van der Waals surface area contributed by atoms with Gasteiger partial charge in [-0.1, -0.05) is 0 Å². The Labute approximate surface area is 152 Å². The molecule has 1 aromatic heterocycles. The number of nitrogens with one attached hydrogen (secondary N) is 2. The highest BCUT2D eigenvalue weighted by Gasteiger charge is 2.30. The van der Waals surface area contributed by atoms with Crippen molar-refractivity contribution in [1.82, 2.24) is 20.4 Å². The van der Waals surface area contributed by atoms with Crippen LogP contribution in [0.5, 0.6) is 0 Å². The predicted octanol–water partition coefficient (Wildman–Crippen LogP) is 1.16. The molecule has 0 fully saturated rings. The first-order valence-corrected chi connectivity index (χ1v) is 8.20. The molecule has 10 heteroatoms. The van der Waals surface area contributed by atoms with E-state index in [1.807, 2.05) is 0 Å². The fourth-order valence-corrected chi connectivity index (χ4v) is 2.67. The van der Waals surface area contributed by atoms with Gasteiger partial charge in [0.1, 0.15) is 5.82 Å². The number of benzene rings is 1. The lowest BCUT2D eigenvalue weighted by Gasteiger charge is -2.26. The van der Waals surface area contributed by atoms with Crippen molar-refractivity contribution in [2.75, 3.05) is 6.61 Å². The summed E-state index contributed by atoms with van der Waals surface area (Å²) < 4.78 is 24.1. The number of amides is 2. The van der Waals surface area contributed by atoms with E-state index in [2.05, 4.69) is 15.7 Å². The molecule has 2 N–H and O–H groups in total. The first-order valence-electron chi connectivity index (χ1n) is 8.20. The van der Waals surface area contributed by atoms with Gasteiger partial charge in [-0.25, -0.2) is 18.8 Å². The molecule has 1 aliphatic rings. The molecule has 2 heterocycles. The van der Waals surface area contributed by atoms with Crippen molar-refractivity contribution in [2.24, 2.45) is 0 Å². The summed E-state index contributed by atoms with van der Waals surface area (Å²) in [6.45, 7) is 3.25. The number of halogens is 1. The van der Waals surface area contributed by atoms with Crippen molar-refractivity contribution in [2.45, 2.75) is 26.4 Å². The van der Waals surface area contributed by atoms with Crippen molar-refractivity contribution in [3.05, 3.63) is 51.9 Å². The molecule has 3 rings (SSSR count). The number of esters is 1. The monoisotopic (exact) mass is 376 g/mol. The Hall–Kier alpha value is -3.43. The van der Waals surface area contributed by atoms with Gasteiger partial charge >= 0.3 is 17.8 Å². The molecule has 142 valence electrons. The zero-order valence-corrected chi connectivity index (χ0v) is 14.6. The number of hydrogen-bond acceptors (Lipinski definition) is 6. The summed E-state index contributed by atoms with van der Waals surface area (Å²) in [5.41, 5.74) is 0.787. The SMILES string of the molecule is CCOC(=O)C1=C(Cn2nc(-c3ccc(F)cc3)oc2=O)NC(=O)NC1C. The first-order chi connectivity index (χ1) is 12.9. The fraction of sp³-hybridized carbons (Fsp3) is 0.294. The second-order valence-corrected chi connectivity index (χ2v) is 5.77. The maximum atomic E-state index is 13.0. The number of rotatable bonds is 5. The van der Waals surface area contributed by atoms with Crippen molar-refractivity contribution < 1.29 is 23.1 Å². The molecule has 27 heavy (non-hydrogen) atoms. The number of carbonyl (C=O) groups is 2. The van der Waals surface area contributed by atoms with Gasteiger partial charge in [-0.2, -0.15) is 4.68 Å². The highest BCUT2D eigenvalue weighted by molar-refractivity contribution is 5.94. The summed E-state index contributed by atoms with van der Waals surface area (Å²) >= 11 is 0. The van der Waals surface area contributed by atoms with Crippen LogP contribution in [0.25, 0.3) is 11.5 Å². The lowest BCUT2D eigenvalue weighted by atomic mass is 10.0. The molecule has 1 aromatic carbocycles. The molecule has 0 spiro atoms. The fourth-order valence-electron chi connectivity index (χ4n) is 2.67. The van der Waals surface area contributed by atoms with Gasteiger partial charge in [0.2, 0.25) is 5.89 Å². The minimum atomic E-state index is -0.787. The van der Waals surface area contributed by atoms with Crippen LogP contribution in [0.3, 0.4) is 0 Å². The molecule has 1 aliphatic heterocycles. The van der Waals surface area contributed by atoms with Gasteiger partial charge in [-0.05, 0) is 38.1 Å². The van der Waals surface area contributed by atoms with Crippen LogP contribution in [0.1, 0.15) is 13.8 Å². The summed E-state index contributed by atoms with van der Waals surface area (Å²) in [5, 5.41) is 9.12. The zero-order chi connectivity index (χ0) is 19.6. The minimum absolute atomic E-state index is 0.00778. The summed E-state index contributed by atoms with van der Waals surface area (Å²) in [5.74, 6) is -1.84. The van der Waals surface area contributed by atoms with E-state index in [1.54, 1.807) is 13.8 Å². The molecular weight excluding hydrogens is 359 g/mol.